The number of morpholine rings is 1. The Balaban J connectivity index is 1.34. The molecule has 2 fully saturated rings. The minimum Gasteiger partial charge on any atom is -0.378 e. The number of hydrogen-bond acceptors (Lipinski definition) is 4. The number of likely N-dealkylation sites (tertiary alicyclic amines) is 1. The number of hydrogen-bond donors (Lipinski definition) is 0. The maximum Gasteiger partial charge on any atom is 0.227 e. The van der Waals surface area contributed by atoms with Crippen molar-refractivity contribution in [3.8, 4) is 11.1 Å². The molecule has 2 aliphatic heterocycles. The molecular weight excluding hydrogens is 426 g/mol. The van der Waals surface area contributed by atoms with Gasteiger partial charge in [0.05, 0.1) is 25.2 Å². The van der Waals surface area contributed by atoms with Crippen molar-refractivity contribution < 1.29 is 14.3 Å². The smallest absolute Gasteiger partial charge is 0.227 e. The predicted molar refractivity (Wildman–Crippen MR) is 132 cm³/mol. The zero-order valence-corrected chi connectivity index (χ0v) is 19.7. The highest BCUT2D eigenvalue weighted by Gasteiger charge is 2.31. The van der Waals surface area contributed by atoms with E-state index < -0.39 is 0 Å². The van der Waals surface area contributed by atoms with Crippen molar-refractivity contribution in [2.75, 3.05) is 39.4 Å². The SMILES string of the molecule is Cc1nc2ccccc2c(-c2ccccc2)c1CC(=O)N1CCC(C(=O)N2CCOCC2)CC1. The van der Waals surface area contributed by atoms with Crippen molar-refractivity contribution in [1.82, 2.24) is 14.8 Å². The molecule has 6 nitrogen and oxygen atoms in total. The average Bonchev–Trinajstić information content (AvgIpc) is 2.89. The molecule has 176 valence electrons. The lowest BCUT2D eigenvalue weighted by molar-refractivity contribution is -0.143. The third-order valence-corrected chi connectivity index (χ3v) is 7.11. The van der Waals surface area contributed by atoms with Crippen molar-refractivity contribution in [2.45, 2.75) is 26.2 Å². The van der Waals surface area contributed by atoms with Crippen LogP contribution in [-0.2, 0) is 20.7 Å². The lowest BCUT2D eigenvalue weighted by atomic mass is 9.91. The molecule has 0 N–H and O–H groups in total. The standard InChI is InChI=1S/C28H31N3O3/c1-20-24(27(21-7-3-2-4-8-21)23-9-5-6-10-25(23)29-20)19-26(32)30-13-11-22(12-14-30)28(33)31-15-17-34-18-16-31/h2-10,22H,11-19H2,1H3. The molecule has 6 heteroatoms. The molecule has 0 saturated carbocycles. The van der Waals surface area contributed by atoms with Gasteiger partial charge in [0.15, 0.2) is 0 Å². The van der Waals surface area contributed by atoms with Crippen LogP contribution in [0.2, 0.25) is 0 Å². The van der Waals surface area contributed by atoms with Crippen molar-refractivity contribution in [2.24, 2.45) is 5.92 Å². The highest BCUT2D eigenvalue weighted by molar-refractivity contribution is 5.98. The van der Waals surface area contributed by atoms with Crippen LogP contribution >= 0.6 is 0 Å². The van der Waals surface area contributed by atoms with E-state index in [-0.39, 0.29) is 17.7 Å². The molecule has 2 saturated heterocycles. The first-order valence-corrected chi connectivity index (χ1v) is 12.2. The van der Waals surface area contributed by atoms with Gasteiger partial charge in [-0.25, -0.2) is 0 Å². The van der Waals surface area contributed by atoms with E-state index in [0.29, 0.717) is 45.8 Å². The van der Waals surface area contributed by atoms with Crippen LogP contribution < -0.4 is 0 Å². The Morgan fingerprint density at radius 3 is 2.32 bits per heavy atom. The summed E-state index contributed by atoms with van der Waals surface area (Å²) in [5.74, 6) is 0.331. The molecule has 2 aromatic carbocycles. The summed E-state index contributed by atoms with van der Waals surface area (Å²) < 4.78 is 5.37. The van der Waals surface area contributed by atoms with Gasteiger partial charge < -0.3 is 14.5 Å². The summed E-state index contributed by atoms with van der Waals surface area (Å²) in [6, 6.07) is 18.4. The number of rotatable bonds is 4. The van der Waals surface area contributed by atoms with Gasteiger partial charge in [-0.05, 0) is 42.5 Å². The number of carbonyl (C=O) groups excluding carboxylic acids is 2. The number of nitrogens with zero attached hydrogens (tertiary/aromatic N) is 3. The van der Waals surface area contributed by atoms with E-state index in [1.807, 2.05) is 53.1 Å². The van der Waals surface area contributed by atoms with Crippen LogP contribution in [0.4, 0.5) is 0 Å². The lowest BCUT2D eigenvalue weighted by Gasteiger charge is -2.35. The Morgan fingerprint density at radius 2 is 1.59 bits per heavy atom. The predicted octanol–water partition coefficient (Wildman–Crippen LogP) is 3.85. The first kappa shape index (κ1) is 22.5. The van der Waals surface area contributed by atoms with E-state index in [1.165, 1.54) is 0 Å². The number of aromatic nitrogens is 1. The number of benzene rings is 2. The number of pyridine rings is 1. The molecule has 0 radical (unpaired) electrons. The van der Waals surface area contributed by atoms with Crippen LogP contribution in [0.1, 0.15) is 24.1 Å². The average molecular weight is 458 g/mol. The van der Waals surface area contributed by atoms with Crippen LogP contribution in [0, 0.1) is 12.8 Å². The maximum atomic E-state index is 13.4. The van der Waals surface area contributed by atoms with Crippen LogP contribution in [0.5, 0.6) is 0 Å². The quantitative estimate of drug-likeness (QED) is 0.597. The molecule has 2 amide bonds. The van der Waals surface area contributed by atoms with Gasteiger partial charge in [-0.3, -0.25) is 14.6 Å². The molecule has 0 bridgehead atoms. The Morgan fingerprint density at radius 1 is 0.912 bits per heavy atom. The lowest BCUT2D eigenvalue weighted by Crippen LogP contribution is -2.47. The number of carbonyl (C=O) groups is 2. The van der Waals surface area contributed by atoms with Crippen molar-refractivity contribution >= 4 is 22.7 Å². The molecule has 0 aliphatic carbocycles. The number of para-hydroxylation sites is 1. The Bertz CT molecular complexity index is 1180. The van der Waals surface area contributed by atoms with Gasteiger partial charge in [0, 0.05) is 43.2 Å². The molecule has 0 unspecified atom stereocenters. The number of ether oxygens (including phenoxy) is 1. The molecule has 3 heterocycles. The van der Waals surface area contributed by atoms with Crippen LogP contribution in [-0.4, -0.2) is 66.0 Å². The largest absolute Gasteiger partial charge is 0.378 e. The Kier molecular flexibility index (Phi) is 6.59. The normalized spacial score (nSPS) is 17.2. The van der Waals surface area contributed by atoms with Crippen LogP contribution in [0.3, 0.4) is 0 Å². The molecule has 1 aromatic heterocycles. The zero-order chi connectivity index (χ0) is 23.5. The molecule has 3 aromatic rings. The highest BCUT2D eigenvalue weighted by atomic mass is 16.5. The monoisotopic (exact) mass is 457 g/mol. The van der Waals surface area contributed by atoms with Crippen LogP contribution in [0.15, 0.2) is 54.6 Å². The van der Waals surface area contributed by atoms with Gasteiger partial charge in [-0.2, -0.15) is 0 Å². The molecular formula is C28H31N3O3. The summed E-state index contributed by atoms with van der Waals surface area (Å²) in [6.07, 6.45) is 1.76. The van der Waals surface area contributed by atoms with E-state index in [0.717, 1.165) is 46.1 Å². The molecule has 5 rings (SSSR count). The summed E-state index contributed by atoms with van der Waals surface area (Å²) >= 11 is 0. The Hall–Kier alpha value is -3.25. The van der Waals surface area contributed by atoms with Crippen molar-refractivity contribution in [3.63, 3.8) is 0 Å². The third-order valence-electron chi connectivity index (χ3n) is 7.11. The number of fused-ring (bicyclic) bond motifs is 1. The topological polar surface area (TPSA) is 62.7 Å². The van der Waals surface area contributed by atoms with E-state index in [1.54, 1.807) is 0 Å². The van der Waals surface area contributed by atoms with Crippen molar-refractivity contribution in [3.05, 3.63) is 65.9 Å². The second kappa shape index (κ2) is 9.94. The van der Waals surface area contributed by atoms with E-state index in [2.05, 4.69) is 18.2 Å². The zero-order valence-electron chi connectivity index (χ0n) is 19.7. The molecule has 0 spiro atoms. The van der Waals surface area contributed by atoms with Gasteiger partial charge in [-0.1, -0.05) is 48.5 Å². The fourth-order valence-electron chi connectivity index (χ4n) is 5.21. The maximum absolute atomic E-state index is 13.4. The fraction of sp³-hybridized carbons (Fsp3) is 0.393. The van der Waals surface area contributed by atoms with E-state index >= 15 is 0 Å². The van der Waals surface area contributed by atoms with Gasteiger partial charge >= 0.3 is 0 Å². The summed E-state index contributed by atoms with van der Waals surface area (Å²) in [4.78, 5) is 34.9. The van der Waals surface area contributed by atoms with Gasteiger partial charge in [-0.15, -0.1) is 0 Å². The number of aryl methyl sites for hydroxylation is 1. The summed E-state index contributed by atoms with van der Waals surface area (Å²) in [6.45, 7) is 5.83. The minimum atomic E-state index is 0.00565. The Labute approximate surface area is 200 Å². The molecule has 34 heavy (non-hydrogen) atoms. The second-order valence-electron chi connectivity index (χ2n) is 9.20. The van der Waals surface area contributed by atoms with Gasteiger partial charge in [0.25, 0.3) is 0 Å². The third kappa shape index (κ3) is 4.55. The second-order valence-corrected chi connectivity index (χ2v) is 9.20. The van der Waals surface area contributed by atoms with E-state index in [9.17, 15) is 9.59 Å². The first-order valence-electron chi connectivity index (χ1n) is 12.2. The minimum absolute atomic E-state index is 0.00565. The molecule has 0 atom stereocenters. The fourth-order valence-corrected chi connectivity index (χ4v) is 5.21. The first-order chi connectivity index (χ1) is 16.6. The summed E-state index contributed by atoms with van der Waals surface area (Å²) in [7, 11) is 0. The summed E-state index contributed by atoms with van der Waals surface area (Å²) in [5.41, 5.74) is 5.01. The summed E-state index contributed by atoms with van der Waals surface area (Å²) in [5, 5.41) is 1.07. The van der Waals surface area contributed by atoms with Crippen LogP contribution in [0.25, 0.3) is 22.0 Å². The highest BCUT2D eigenvalue weighted by Crippen LogP contribution is 2.34. The molecule has 2 aliphatic rings. The number of amides is 2. The number of piperidine rings is 1. The van der Waals surface area contributed by atoms with E-state index in [4.69, 9.17) is 9.72 Å². The van der Waals surface area contributed by atoms with Crippen molar-refractivity contribution in [1.29, 1.82) is 0 Å². The van der Waals surface area contributed by atoms with Gasteiger partial charge in [0.1, 0.15) is 0 Å². The van der Waals surface area contributed by atoms with Gasteiger partial charge in [0.2, 0.25) is 11.8 Å².